The summed E-state index contributed by atoms with van der Waals surface area (Å²) in [6.45, 7) is 0.360. The summed E-state index contributed by atoms with van der Waals surface area (Å²) in [5.74, 6) is 0.508. The van der Waals surface area contributed by atoms with Crippen molar-refractivity contribution in [3.8, 4) is 5.75 Å². The summed E-state index contributed by atoms with van der Waals surface area (Å²) in [6.07, 6.45) is -5.32. The van der Waals surface area contributed by atoms with E-state index in [1.807, 2.05) is 30.3 Å². The van der Waals surface area contributed by atoms with Crippen LogP contribution < -0.4 is 10.5 Å². The largest absolute Gasteiger partial charge is 0.489 e. The molecule has 0 spiro atoms. The lowest BCUT2D eigenvalue weighted by atomic mass is 10.0. The molecule has 0 aliphatic carbocycles. The van der Waals surface area contributed by atoms with Gasteiger partial charge < -0.3 is 10.5 Å². The van der Waals surface area contributed by atoms with Crippen LogP contribution in [0, 0.1) is 0 Å². The van der Waals surface area contributed by atoms with Gasteiger partial charge in [0.25, 0.3) is 0 Å². The van der Waals surface area contributed by atoms with Crippen molar-refractivity contribution in [1.82, 2.24) is 0 Å². The van der Waals surface area contributed by atoms with Crippen LogP contribution in [0.5, 0.6) is 5.75 Å². The van der Waals surface area contributed by atoms with Gasteiger partial charge in [0.05, 0.1) is 6.42 Å². The van der Waals surface area contributed by atoms with Crippen LogP contribution in [0.15, 0.2) is 54.6 Å². The Balaban J connectivity index is 2.00. The lowest BCUT2D eigenvalue weighted by molar-refractivity contribution is -0.138. The minimum Gasteiger partial charge on any atom is -0.489 e. The molecule has 0 radical (unpaired) electrons. The molecule has 0 saturated heterocycles. The molecule has 0 heterocycles. The quantitative estimate of drug-likeness (QED) is 0.896. The van der Waals surface area contributed by atoms with Gasteiger partial charge in [-0.15, -0.1) is 0 Å². The molecular weight excluding hydrogens is 279 g/mol. The van der Waals surface area contributed by atoms with E-state index in [0.717, 1.165) is 5.56 Å². The molecular formula is C16H16F3NO. The Bertz CT molecular complexity index is 569. The minimum absolute atomic E-state index is 0.360. The van der Waals surface area contributed by atoms with E-state index in [1.165, 1.54) is 0 Å². The van der Waals surface area contributed by atoms with Gasteiger partial charge in [-0.25, -0.2) is 0 Å². The third kappa shape index (κ3) is 5.11. The molecule has 21 heavy (non-hydrogen) atoms. The second-order valence-corrected chi connectivity index (χ2v) is 4.77. The average Bonchev–Trinajstić information content (AvgIpc) is 2.45. The van der Waals surface area contributed by atoms with Crippen molar-refractivity contribution in [2.75, 3.05) is 0 Å². The van der Waals surface area contributed by atoms with Gasteiger partial charge in [-0.2, -0.15) is 13.2 Å². The highest BCUT2D eigenvalue weighted by molar-refractivity contribution is 5.31. The van der Waals surface area contributed by atoms with Gasteiger partial charge in [0.1, 0.15) is 12.4 Å². The van der Waals surface area contributed by atoms with Crippen molar-refractivity contribution in [1.29, 1.82) is 0 Å². The molecule has 0 aliphatic rings. The van der Waals surface area contributed by atoms with Crippen LogP contribution in [0.3, 0.4) is 0 Å². The van der Waals surface area contributed by atoms with Crippen molar-refractivity contribution < 1.29 is 17.9 Å². The first-order valence-electron chi connectivity index (χ1n) is 6.53. The molecule has 0 saturated carbocycles. The zero-order chi connectivity index (χ0) is 15.3. The molecule has 2 aromatic rings. The molecule has 0 fully saturated rings. The van der Waals surface area contributed by atoms with E-state index in [1.54, 1.807) is 24.3 Å². The number of ether oxygens (including phenoxy) is 1. The van der Waals surface area contributed by atoms with Gasteiger partial charge in [0.2, 0.25) is 0 Å². The van der Waals surface area contributed by atoms with Gasteiger partial charge in [-0.1, -0.05) is 42.5 Å². The molecule has 2 nitrogen and oxygen atoms in total. The average molecular weight is 295 g/mol. The van der Waals surface area contributed by atoms with Crippen LogP contribution >= 0.6 is 0 Å². The van der Waals surface area contributed by atoms with Crippen molar-refractivity contribution in [3.63, 3.8) is 0 Å². The molecule has 0 unspecified atom stereocenters. The predicted octanol–water partition coefficient (Wildman–Crippen LogP) is 4.22. The summed E-state index contributed by atoms with van der Waals surface area (Å²) >= 11 is 0. The van der Waals surface area contributed by atoms with Gasteiger partial charge in [0, 0.05) is 6.04 Å². The van der Waals surface area contributed by atoms with Gasteiger partial charge in [0.15, 0.2) is 0 Å². The molecule has 2 N–H and O–H groups in total. The van der Waals surface area contributed by atoms with Crippen LogP contribution in [-0.2, 0) is 6.61 Å². The normalized spacial score (nSPS) is 13.0. The molecule has 2 aromatic carbocycles. The summed E-state index contributed by atoms with van der Waals surface area (Å²) in [5.41, 5.74) is 6.98. The summed E-state index contributed by atoms with van der Waals surface area (Å²) < 4.78 is 42.6. The molecule has 0 amide bonds. The topological polar surface area (TPSA) is 35.2 Å². The Kier molecular flexibility index (Phi) is 4.85. The number of benzene rings is 2. The number of rotatable bonds is 5. The predicted molar refractivity (Wildman–Crippen MR) is 74.8 cm³/mol. The van der Waals surface area contributed by atoms with Crippen LogP contribution in [0.25, 0.3) is 0 Å². The lowest BCUT2D eigenvalue weighted by Gasteiger charge is -2.15. The number of halogens is 3. The third-order valence-corrected chi connectivity index (χ3v) is 2.99. The standard InChI is InChI=1S/C16H16F3NO/c17-16(18,19)10-15(20)13-7-4-8-14(9-13)21-11-12-5-2-1-3-6-12/h1-9,15H,10-11,20H2/t15-/m0/s1. The van der Waals surface area contributed by atoms with Crippen LogP contribution in [0.1, 0.15) is 23.6 Å². The number of hydrogen-bond donors (Lipinski definition) is 1. The Morgan fingerprint density at radius 1 is 1.00 bits per heavy atom. The fourth-order valence-corrected chi connectivity index (χ4v) is 1.94. The van der Waals surface area contributed by atoms with Gasteiger partial charge >= 0.3 is 6.18 Å². The molecule has 0 aliphatic heterocycles. The van der Waals surface area contributed by atoms with E-state index >= 15 is 0 Å². The monoisotopic (exact) mass is 295 g/mol. The Hall–Kier alpha value is -2.01. The van der Waals surface area contributed by atoms with Crippen molar-refractivity contribution in [3.05, 3.63) is 65.7 Å². The fourth-order valence-electron chi connectivity index (χ4n) is 1.94. The minimum atomic E-state index is -4.28. The number of alkyl halides is 3. The third-order valence-electron chi connectivity index (χ3n) is 2.99. The number of nitrogens with two attached hydrogens (primary N) is 1. The van der Waals surface area contributed by atoms with Crippen LogP contribution in [0.4, 0.5) is 13.2 Å². The Morgan fingerprint density at radius 3 is 2.38 bits per heavy atom. The first-order chi connectivity index (χ1) is 9.94. The summed E-state index contributed by atoms with van der Waals surface area (Å²) in [6, 6.07) is 14.9. The van der Waals surface area contributed by atoms with Crippen LogP contribution in [-0.4, -0.2) is 6.18 Å². The maximum absolute atomic E-state index is 12.4. The maximum atomic E-state index is 12.4. The van der Waals surface area contributed by atoms with E-state index in [2.05, 4.69) is 0 Å². The van der Waals surface area contributed by atoms with Gasteiger partial charge in [-0.3, -0.25) is 0 Å². The maximum Gasteiger partial charge on any atom is 0.390 e. The molecule has 0 aromatic heterocycles. The number of hydrogen-bond acceptors (Lipinski definition) is 2. The Morgan fingerprint density at radius 2 is 1.71 bits per heavy atom. The lowest BCUT2D eigenvalue weighted by Crippen LogP contribution is -2.20. The van der Waals surface area contributed by atoms with E-state index in [4.69, 9.17) is 10.5 Å². The molecule has 5 heteroatoms. The smallest absolute Gasteiger partial charge is 0.390 e. The van der Waals surface area contributed by atoms with E-state index in [0.29, 0.717) is 17.9 Å². The molecule has 1 atom stereocenters. The Labute approximate surface area is 121 Å². The van der Waals surface area contributed by atoms with E-state index < -0.39 is 18.6 Å². The highest BCUT2D eigenvalue weighted by Crippen LogP contribution is 2.29. The highest BCUT2D eigenvalue weighted by Gasteiger charge is 2.30. The highest BCUT2D eigenvalue weighted by atomic mass is 19.4. The summed E-state index contributed by atoms with van der Waals surface area (Å²) in [7, 11) is 0. The van der Waals surface area contributed by atoms with Crippen molar-refractivity contribution in [2.24, 2.45) is 5.73 Å². The molecule has 112 valence electrons. The van der Waals surface area contributed by atoms with Crippen molar-refractivity contribution in [2.45, 2.75) is 25.2 Å². The zero-order valence-electron chi connectivity index (χ0n) is 11.3. The van der Waals surface area contributed by atoms with Gasteiger partial charge in [-0.05, 0) is 23.3 Å². The van der Waals surface area contributed by atoms with Crippen molar-refractivity contribution >= 4 is 0 Å². The zero-order valence-corrected chi connectivity index (χ0v) is 11.3. The fraction of sp³-hybridized carbons (Fsp3) is 0.250. The molecule has 2 rings (SSSR count). The first-order valence-corrected chi connectivity index (χ1v) is 6.53. The van der Waals surface area contributed by atoms with E-state index in [9.17, 15) is 13.2 Å². The second kappa shape index (κ2) is 6.63. The van der Waals surface area contributed by atoms with E-state index in [-0.39, 0.29) is 0 Å². The summed E-state index contributed by atoms with van der Waals surface area (Å²) in [5, 5.41) is 0. The SMILES string of the molecule is N[C@@H](CC(F)(F)F)c1cccc(OCc2ccccc2)c1. The molecule has 0 bridgehead atoms. The summed E-state index contributed by atoms with van der Waals surface area (Å²) in [4.78, 5) is 0. The first kappa shape index (κ1) is 15.4. The van der Waals surface area contributed by atoms with Crippen LogP contribution in [0.2, 0.25) is 0 Å². The second-order valence-electron chi connectivity index (χ2n) is 4.77.